The van der Waals surface area contributed by atoms with Crippen LogP contribution in [-0.4, -0.2) is 39.3 Å². The summed E-state index contributed by atoms with van der Waals surface area (Å²) in [5.41, 5.74) is 4.15. The number of ether oxygens (including phenoxy) is 2. The van der Waals surface area contributed by atoms with Crippen molar-refractivity contribution in [2.75, 3.05) is 13.7 Å². The second kappa shape index (κ2) is 6.63. The van der Waals surface area contributed by atoms with E-state index in [9.17, 15) is 0 Å². The molecular formula is C21H20N4O2. The number of para-hydroxylation sites is 2. The van der Waals surface area contributed by atoms with Crippen LogP contribution in [0.3, 0.4) is 0 Å². The van der Waals surface area contributed by atoms with Crippen molar-refractivity contribution < 1.29 is 9.47 Å². The van der Waals surface area contributed by atoms with Gasteiger partial charge in [-0.25, -0.2) is 15.0 Å². The Hall–Kier alpha value is -2.99. The van der Waals surface area contributed by atoms with Gasteiger partial charge < -0.3 is 14.0 Å². The maximum absolute atomic E-state index is 5.88. The lowest BCUT2D eigenvalue weighted by Gasteiger charge is -2.14. The van der Waals surface area contributed by atoms with Crippen LogP contribution in [0, 0.1) is 0 Å². The van der Waals surface area contributed by atoms with E-state index in [1.54, 1.807) is 7.11 Å². The third-order valence-electron chi connectivity index (χ3n) is 5.00. The zero-order chi connectivity index (χ0) is 18.2. The molecule has 3 heterocycles. The largest absolute Gasteiger partial charge is 0.497 e. The molecule has 0 N–H and O–H groups in total. The monoisotopic (exact) mass is 360 g/mol. The van der Waals surface area contributed by atoms with Gasteiger partial charge in [-0.15, -0.1) is 0 Å². The number of aromatic nitrogens is 4. The van der Waals surface area contributed by atoms with Crippen molar-refractivity contribution >= 4 is 22.3 Å². The zero-order valence-electron chi connectivity index (χ0n) is 15.1. The highest BCUT2D eigenvalue weighted by Gasteiger charge is 2.22. The second-order valence-electron chi connectivity index (χ2n) is 6.77. The summed E-state index contributed by atoms with van der Waals surface area (Å²) < 4.78 is 13.4. The number of rotatable bonds is 4. The fraction of sp³-hybridized carbons (Fsp3) is 0.286. The van der Waals surface area contributed by atoms with Crippen molar-refractivity contribution in [3.8, 4) is 17.1 Å². The molecule has 1 saturated heterocycles. The molecular weight excluding hydrogens is 340 g/mol. The highest BCUT2D eigenvalue weighted by molar-refractivity contribution is 5.85. The molecule has 5 rings (SSSR count). The molecule has 27 heavy (non-hydrogen) atoms. The first-order valence-corrected chi connectivity index (χ1v) is 9.21. The van der Waals surface area contributed by atoms with E-state index in [1.165, 1.54) is 0 Å². The van der Waals surface area contributed by atoms with Gasteiger partial charge in [0.15, 0.2) is 11.3 Å². The summed E-state index contributed by atoms with van der Waals surface area (Å²) in [6.45, 7) is 1.54. The number of hydrogen-bond donors (Lipinski definition) is 0. The van der Waals surface area contributed by atoms with Crippen LogP contribution >= 0.6 is 0 Å². The number of fused-ring (bicyclic) bond motifs is 2. The van der Waals surface area contributed by atoms with E-state index in [0.717, 1.165) is 59.8 Å². The fourth-order valence-corrected chi connectivity index (χ4v) is 3.65. The maximum Gasteiger partial charge on any atom is 0.198 e. The van der Waals surface area contributed by atoms with Gasteiger partial charge in [0.2, 0.25) is 0 Å². The highest BCUT2D eigenvalue weighted by Crippen LogP contribution is 2.28. The van der Waals surface area contributed by atoms with Crippen molar-refractivity contribution in [1.82, 2.24) is 19.5 Å². The number of methoxy groups -OCH3 is 1. The topological polar surface area (TPSA) is 62.1 Å². The average molecular weight is 360 g/mol. The Morgan fingerprint density at radius 3 is 2.70 bits per heavy atom. The molecule has 0 bridgehead atoms. The molecule has 1 fully saturated rings. The van der Waals surface area contributed by atoms with E-state index in [4.69, 9.17) is 24.4 Å². The summed E-state index contributed by atoms with van der Waals surface area (Å²) in [4.78, 5) is 14.4. The summed E-state index contributed by atoms with van der Waals surface area (Å²) >= 11 is 0. The lowest BCUT2D eigenvalue weighted by Crippen LogP contribution is -2.16. The third kappa shape index (κ3) is 2.92. The van der Waals surface area contributed by atoms with Crippen molar-refractivity contribution in [3.63, 3.8) is 0 Å². The first-order chi connectivity index (χ1) is 13.3. The fourth-order valence-electron chi connectivity index (χ4n) is 3.65. The normalized spacial score (nSPS) is 17.0. The Kier molecular flexibility index (Phi) is 3.98. The highest BCUT2D eigenvalue weighted by atomic mass is 16.5. The molecule has 1 atom stereocenters. The third-order valence-corrected chi connectivity index (χ3v) is 5.00. The maximum atomic E-state index is 5.88. The Labute approximate surface area is 156 Å². The molecule has 4 aromatic rings. The molecule has 0 amide bonds. The predicted octanol–water partition coefficient (Wildman–Crippen LogP) is 3.83. The van der Waals surface area contributed by atoms with Gasteiger partial charge in [0, 0.05) is 12.2 Å². The van der Waals surface area contributed by atoms with E-state index in [0.29, 0.717) is 5.65 Å². The van der Waals surface area contributed by atoms with Gasteiger partial charge in [-0.1, -0.05) is 24.3 Å². The molecule has 0 aliphatic carbocycles. The summed E-state index contributed by atoms with van der Waals surface area (Å²) in [6, 6.07) is 15.8. The smallest absolute Gasteiger partial charge is 0.198 e. The second-order valence-corrected chi connectivity index (χ2v) is 6.77. The lowest BCUT2D eigenvalue weighted by atomic mass is 10.2. The molecule has 2 aromatic heterocycles. The molecule has 0 unspecified atom stereocenters. The van der Waals surface area contributed by atoms with Crippen LogP contribution in [-0.2, 0) is 11.3 Å². The van der Waals surface area contributed by atoms with E-state index >= 15 is 0 Å². The molecule has 1 aliphatic heterocycles. The van der Waals surface area contributed by atoms with Crippen molar-refractivity contribution in [2.45, 2.75) is 25.5 Å². The molecule has 6 nitrogen and oxygen atoms in total. The van der Waals surface area contributed by atoms with Gasteiger partial charge in [-0.3, -0.25) is 0 Å². The lowest BCUT2D eigenvalue weighted by molar-refractivity contribution is 0.0981. The number of nitrogens with zero attached hydrogens (tertiary/aromatic N) is 4. The van der Waals surface area contributed by atoms with E-state index in [-0.39, 0.29) is 6.10 Å². The van der Waals surface area contributed by atoms with Crippen LogP contribution in [0.25, 0.3) is 33.7 Å². The summed E-state index contributed by atoms with van der Waals surface area (Å²) in [6.07, 6.45) is 2.33. The molecule has 1 aliphatic rings. The minimum Gasteiger partial charge on any atom is -0.497 e. The van der Waals surface area contributed by atoms with Crippen LogP contribution in [0.5, 0.6) is 5.75 Å². The van der Waals surface area contributed by atoms with Crippen LogP contribution in [0.15, 0.2) is 48.5 Å². The summed E-state index contributed by atoms with van der Waals surface area (Å²) in [5, 5.41) is 0. The summed E-state index contributed by atoms with van der Waals surface area (Å²) in [7, 11) is 1.67. The SMILES string of the molecule is COc1cccc(-c2nc3nc4ccccc4nc3n2C[C@H]2CCCO2)c1. The number of imidazole rings is 1. The van der Waals surface area contributed by atoms with E-state index in [2.05, 4.69) is 4.57 Å². The Balaban J connectivity index is 1.72. The van der Waals surface area contributed by atoms with Crippen LogP contribution in [0.1, 0.15) is 12.8 Å². The number of benzene rings is 2. The Morgan fingerprint density at radius 2 is 1.93 bits per heavy atom. The Bertz CT molecular complexity index is 1120. The van der Waals surface area contributed by atoms with Crippen LogP contribution in [0.2, 0.25) is 0 Å². The Morgan fingerprint density at radius 1 is 1.07 bits per heavy atom. The van der Waals surface area contributed by atoms with E-state index in [1.807, 2.05) is 48.5 Å². The van der Waals surface area contributed by atoms with Gasteiger partial charge in [-0.05, 0) is 37.1 Å². The summed E-state index contributed by atoms with van der Waals surface area (Å²) in [5.74, 6) is 1.64. The minimum atomic E-state index is 0.181. The quantitative estimate of drug-likeness (QED) is 0.553. The predicted molar refractivity (Wildman–Crippen MR) is 104 cm³/mol. The van der Waals surface area contributed by atoms with Gasteiger partial charge in [0.05, 0.1) is 30.8 Å². The molecule has 136 valence electrons. The van der Waals surface area contributed by atoms with Crippen LogP contribution in [0.4, 0.5) is 0 Å². The first kappa shape index (κ1) is 16.2. The first-order valence-electron chi connectivity index (χ1n) is 9.21. The van der Waals surface area contributed by atoms with Crippen molar-refractivity contribution in [3.05, 3.63) is 48.5 Å². The number of hydrogen-bond acceptors (Lipinski definition) is 5. The minimum absolute atomic E-state index is 0.181. The van der Waals surface area contributed by atoms with E-state index < -0.39 is 0 Å². The van der Waals surface area contributed by atoms with Gasteiger partial charge in [-0.2, -0.15) is 0 Å². The molecule has 0 radical (unpaired) electrons. The standard InChI is InChI=1S/C21H20N4O2/c1-26-15-7-4-6-14(12-15)20-24-19-21(25(20)13-16-8-5-11-27-16)23-18-10-3-2-9-17(18)22-19/h2-4,6-7,9-10,12,16H,5,8,11,13H2,1H3/t16-/m1/s1. The average Bonchev–Trinajstić information content (AvgIpc) is 3.35. The van der Waals surface area contributed by atoms with Crippen molar-refractivity contribution in [2.24, 2.45) is 0 Å². The van der Waals surface area contributed by atoms with Crippen molar-refractivity contribution in [1.29, 1.82) is 0 Å². The molecule has 6 heteroatoms. The molecule has 0 saturated carbocycles. The van der Waals surface area contributed by atoms with Gasteiger partial charge in [0.25, 0.3) is 0 Å². The molecule has 0 spiro atoms. The molecule has 2 aromatic carbocycles. The van der Waals surface area contributed by atoms with Gasteiger partial charge in [0.1, 0.15) is 11.6 Å². The van der Waals surface area contributed by atoms with Gasteiger partial charge >= 0.3 is 0 Å². The zero-order valence-corrected chi connectivity index (χ0v) is 15.1. The van der Waals surface area contributed by atoms with Crippen LogP contribution < -0.4 is 4.74 Å².